The van der Waals surface area contributed by atoms with Crippen molar-refractivity contribution in [2.24, 2.45) is 5.92 Å². The number of rotatable bonds is 16. The average Bonchev–Trinajstić information content (AvgIpc) is 2.79. The largest absolute Gasteiger partial charge is 0.456 e. The predicted molar refractivity (Wildman–Crippen MR) is 125 cm³/mol. The maximum Gasteiger partial charge on any atom is 0.306 e. The van der Waals surface area contributed by atoms with Gasteiger partial charge in [-0.15, -0.1) is 13.2 Å². The number of carbonyl (C=O) groups is 3. The third-order valence-electron chi connectivity index (χ3n) is 4.88. The van der Waals surface area contributed by atoms with Crippen LogP contribution in [0, 0.1) is 5.92 Å². The van der Waals surface area contributed by atoms with Gasteiger partial charge in [0.2, 0.25) is 11.8 Å². The Morgan fingerprint density at radius 3 is 2.47 bits per heavy atom. The van der Waals surface area contributed by atoms with Crippen LogP contribution in [0.4, 0.5) is 0 Å². The number of amides is 2. The Morgan fingerprint density at radius 1 is 1.12 bits per heavy atom. The number of esters is 1. The van der Waals surface area contributed by atoms with E-state index >= 15 is 0 Å². The van der Waals surface area contributed by atoms with Gasteiger partial charge in [-0.05, 0) is 38.2 Å². The monoisotopic (exact) mass is 444 g/mol. The summed E-state index contributed by atoms with van der Waals surface area (Å²) in [4.78, 5) is 37.2. The molecule has 32 heavy (non-hydrogen) atoms. The molecule has 0 bridgehead atoms. The van der Waals surface area contributed by atoms with Crippen molar-refractivity contribution in [2.75, 3.05) is 13.2 Å². The van der Waals surface area contributed by atoms with Crippen LogP contribution in [-0.2, 0) is 19.1 Å². The van der Waals surface area contributed by atoms with Crippen molar-refractivity contribution in [3.63, 3.8) is 0 Å². The smallest absolute Gasteiger partial charge is 0.306 e. The van der Waals surface area contributed by atoms with Gasteiger partial charge in [0.05, 0.1) is 19.1 Å². The molecular formula is C25H36N2O5. The molecule has 0 radical (unpaired) electrons. The minimum atomic E-state index is -0.625. The SMILES string of the molecule is C=CCCCCC(=O)O[C@@H](CNC(=O)[C@@H](CC=C)CC(=O)N[C@@H](C)CO)c1ccccc1. The van der Waals surface area contributed by atoms with Crippen molar-refractivity contribution in [2.45, 2.75) is 57.6 Å². The van der Waals surface area contributed by atoms with Crippen LogP contribution in [0.5, 0.6) is 0 Å². The molecule has 3 atom stereocenters. The molecule has 0 aliphatic heterocycles. The summed E-state index contributed by atoms with van der Waals surface area (Å²) in [5, 5.41) is 14.5. The highest BCUT2D eigenvalue weighted by Crippen LogP contribution is 2.19. The molecule has 0 saturated heterocycles. The molecule has 0 aromatic heterocycles. The number of hydrogen-bond acceptors (Lipinski definition) is 5. The number of carbonyl (C=O) groups excluding carboxylic acids is 3. The second-order valence-electron chi connectivity index (χ2n) is 7.75. The first-order chi connectivity index (χ1) is 15.4. The molecule has 176 valence electrons. The summed E-state index contributed by atoms with van der Waals surface area (Å²) in [6.07, 6.45) is 5.80. The number of benzene rings is 1. The zero-order valence-electron chi connectivity index (χ0n) is 18.9. The summed E-state index contributed by atoms with van der Waals surface area (Å²) in [7, 11) is 0. The van der Waals surface area contributed by atoms with Gasteiger partial charge in [0.25, 0.3) is 0 Å². The van der Waals surface area contributed by atoms with Crippen molar-refractivity contribution in [3.05, 3.63) is 61.2 Å². The quantitative estimate of drug-likeness (QED) is 0.206. The van der Waals surface area contributed by atoms with Crippen molar-refractivity contribution in [1.82, 2.24) is 10.6 Å². The van der Waals surface area contributed by atoms with E-state index in [-0.39, 0.29) is 43.4 Å². The molecule has 0 unspecified atom stereocenters. The lowest BCUT2D eigenvalue weighted by Gasteiger charge is -2.21. The van der Waals surface area contributed by atoms with Gasteiger partial charge < -0.3 is 20.5 Å². The van der Waals surface area contributed by atoms with E-state index in [0.29, 0.717) is 19.3 Å². The van der Waals surface area contributed by atoms with E-state index in [1.165, 1.54) is 0 Å². The number of allylic oxidation sites excluding steroid dienone is 2. The molecule has 2 amide bonds. The molecule has 7 nitrogen and oxygen atoms in total. The molecule has 0 spiro atoms. The standard InChI is InChI=1S/C25H36N2O5/c1-4-6-7-11-15-24(30)32-22(20-13-9-8-10-14-20)17-26-25(31)21(12-5-2)16-23(29)27-19(3)18-28/h4-5,8-10,13-14,19,21-22,28H,1-2,6-7,11-12,15-18H2,3H3,(H,26,31)(H,27,29)/t19-,21-,22-/m0/s1. The summed E-state index contributed by atoms with van der Waals surface area (Å²) in [6.45, 7) is 8.93. The molecule has 1 aromatic carbocycles. The number of nitrogens with one attached hydrogen (secondary N) is 2. The lowest BCUT2D eigenvalue weighted by molar-refractivity contribution is -0.150. The van der Waals surface area contributed by atoms with Gasteiger partial charge in [0, 0.05) is 18.9 Å². The second kappa shape index (κ2) is 15.8. The maximum absolute atomic E-state index is 12.8. The number of unbranched alkanes of at least 4 members (excludes halogenated alkanes) is 2. The fourth-order valence-corrected chi connectivity index (χ4v) is 3.10. The summed E-state index contributed by atoms with van der Waals surface area (Å²) >= 11 is 0. The van der Waals surface area contributed by atoms with E-state index in [1.54, 1.807) is 13.0 Å². The van der Waals surface area contributed by atoms with Gasteiger partial charge in [-0.3, -0.25) is 14.4 Å². The summed E-state index contributed by atoms with van der Waals surface area (Å²) in [5.74, 6) is -1.57. The van der Waals surface area contributed by atoms with E-state index in [9.17, 15) is 14.4 Å². The highest BCUT2D eigenvalue weighted by atomic mass is 16.5. The van der Waals surface area contributed by atoms with Crippen LogP contribution in [0.25, 0.3) is 0 Å². The van der Waals surface area contributed by atoms with Crippen LogP contribution in [0.3, 0.4) is 0 Å². The van der Waals surface area contributed by atoms with E-state index in [0.717, 1.165) is 18.4 Å². The van der Waals surface area contributed by atoms with Crippen molar-refractivity contribution in [1.29, 1.82) is 0 Å². The molecule has 0 heterocycles. The first kappa shape index (κ1) is 27.1. The normalized spacial score (nSPS) is 13.3. The molecule has 3 N–H and O–H groups in total. The Morgan fingerprint density at radius 2 is 1.84 bits per heavy atom. The van der Waals surface area contributed by atoms with Crippen LogP contribution in [0.2, 0.25) is 0 Å². The zero-order chi connectivity index (χ0) is 23.8. The van der Waals surface area contributed by atoms with Gasteiger partial charge >= 0.3 is 5.97 Å². The Balaban J connectivity index is 2.73. The molecule has 0 aliphatic rings. The van der Waals surface area contributed by atoms with Gasteiger partial charge in [-0.25, -0.2) is 0 Å². The molecule has 0 fully saturated rings. The molecule has 0 aliphatic carbocycles. The average molecular weight is 445 g/mol. The van der Waals surface area contributed by atoms with Gasteiger partial charge in [-0.2, -0.15) is 0 Å². The van der Waals surface area contributed by atoms with Crippen LogP contribution in [-0.4, -0.2) is 42.1 Å². The summed E-state index contributed by atoms with van der Waals surface area (Å²) in [6, 6.07) is 8.84. The van der Waals surface area contributed by atoms with E-state index in [2.05, 4.69) is 23.8 Å². The molecule has 1 aromatic rings. The van der Waals surface area contributed by atoms with Crippen LogP contribution >= 0.6 is 0 Å². The maximum atomic E-state index is 12.8. The summed E-state index contributed by atoms with van der Waals surface area (Å²) in [5.41, 5.74) is 0.780. The third kappa shape index (κ3) is 10.9. The van der Waals surface area contributed by atoms with Crippen molar-refractivity contribution < 1.29 is 24.2 Å². The Labute approximate surface area is 190 Å². The van der Waals surface area contributed by atoms with E-state index in [1.807, 2.05) is 36.4 Å². The topological polar surface area (TPSA) is 105 Å². The first-order valence-electron chi connectivity index (χ1n) is 11.0. The molecular weight excluding hydrogens is 408 g/mol. The number of ether oxygens (including phenoxy) is 1. The van der Waals surface area contributed by atoms with E-state index < -0.39 is 12.0 Å². The highest BCUT2D eigenvalue weighted by molar-refractivity contribution is 5.86. The molecule has 1 rings (SSSR count). The van der Waals surface area contributed by atoms with Crippen molar-refractivity contribution in [3.8, 4) is 0 Å². The zero-order valence-corrected chi connectivity index (χ0v) is 18.9. The van der Waals surface area contributed by atoms with Crippen LogP contribution in [0.15, 0.2) is 55.6 Å². The lowest BCUT2D eigenvalue weighted by atomic mass is 9.99. The molecule has 0 saturated carbocycles. The summed E-state index contributed by atoms with van der Waals surface area (Å²) < 4.78 is 5.65. The second-order valence-corrected chi connectivity index (χ2v) is 7.75. The first-order valence-corrected chi connectivity index (χ1v) is 11.0. The predicted octanol–water partition coefficient (Wildman–Crippen LogP) is 3.21. The van der Waals surface area contributed by atoms with Crippen LogP contribution in [0.1, 0.15) is 57.1 Å². The van der Waals surface area contributed by atoms with Gasteiger partial charge in [0.15, 0.2) is 0 Å². The lowest BCUT2D eigenvalue weighted by Crippen LogP contribution is -2.40. The number of hydrogen-bond donors (Lipinski definition) is 3. The minimum Gasteiger partial charge on any atom is -0.456 e. The van der Waals surface area contributed by atoms with Gasteiger partial charge in [-0.1, -0.05) is 42.5 Å². The van der Waals surface area contributed by atoms with E-state index in [4.69, 9.17) is 9.84 Å². The molecule has 7 heteroatoms. The Hall–Kier alpha value is -2.93. The fraction of sp³-hybridized carbons (Fsp3) is 0.480. The Bertz CT molecular complexity index is 735. The fourth-order valence-electron chi connectivity index (χ4n) is 3.10. The van der Waals surface area contributed by atoms with Gasteiger partial charge in [0.1, 0.15) is 6.10 Å². The minimum absolute atomic E-state index is 0.0265. The van der Waals surface area contributed by atoms with Crippen molar-refractivity contribution >= 4 is 17.8 Å². The third-order valence-corrected chi connectivity index (χ3v) is 4.88. The van der Waals surface area contributed by atoms with Crippen LogP contribution < -0.4 is 10.6 Å². The highest BCUT2D eigenvalue weighted by Gasteiger charge is 2.24. The number of aliphatic hydroxyl groups is 1. The number of aliphatic hydroxyl groups excluding tert-OH is 1. The Kier molecular flexibility index (Phi) is 13.4.